The van der Waals surface area contributed by atoms with Crippen LogP contribution in [0.4, 0.5) is 15.9 Å². The number of anilines is 2. The van der Waals surface area contributed by atoms with Crippen LogP contribution in [0.15, 0.2) is 59.3 Å². The maximum Gasteiger partial charge on any atom is 0.293 e. The third-order valence-corrected chi connectivity index (χ3v) is 10.1. The van der Waals surface area contributed by atoms with Gasteiger partial charge in [0, 0.05) is 56.3 Å². The third kappa shape index (κ3) is 6.46. The number of aryl methyl sites for hydroxylation is 3. The van der Waals surface area contributed by atoms with Crippen LogP contribution in [0, 0.1) is 5.92 Å². The van der Waals surface area contributed by atoms with Gasteiger partial charge in [-0.3, -0.25) is 14.4 Å². The van der Waals surface area contributed by atoms with E-state index in [1.54, 1.807) is 42.6 Å². The highest BCUT2D eigenvalue weighted by molar-refractivity contribution is 7.14. The molecule has 3 aliphatic rings. The van der Waals surface area contributed by atoms with Gasteiger partial charge in [-0.15, -0.1) is 11.3 Å². The molecule has 10 heteroatoms. The second-order valence-electron chi connectivity index (χ2n) is 12.0. The zero-order valence-electron chi connectivity index (χ0n) is 25.2. The van der Waals surface area contributed by atoms with Gasteiger partial charge in [0.15, 0.2) is 11.6 Å². The molecule has 2 unspecified atom stereocenters. The smallest absolute Gasteiger partial charge is 0.293 e. The Morgan fingerprint density at radius 1 is 1.14 bits per heavy atom. The van der Waals surface area contributed by atoms with E-state index in [1.807, 2.05) is 24.3 Å². The number of amides is 1. The molecule has 1 amide bonds. The molecular weight excluding hydrogens is 577 g/mol. The lowest BCUT2D eigenvalue weighted by Gasteiger charge is -2.30. The normalized spacial score (nSPS) is 20.2. The standard InChI is InChI=1S/C34H38FN5O3S/c1-39-17-16-36-31(33(39)42)21-10-13-25(14-11-21)37-32-34(43)40(2)20-27(38-32)23-12-15-26(35)22(18-23)7-5-8-28(41)30-19-24-6-3-4-9-29(24)44-30/h10-15,19-20,22,31,36H,3-9,16-18H2,1-2H3,(H,37,38). The predicted octanol–water partition coefficient (Wildman–Crippen LogP) is 5.88. The van der Waals surface area contributed by atoms with E-state index < -0.39 is 6.04 Å². The summed E-state index contributed by atoms with van der Waals surface area (Å²) < 4.78 is 16.4. The second-order valence-corrected chi connectivity index (χ2v) is 13.1. The van der Waals surface area contributed by atoms with Crippen molar-refractivity contribution < 1.29 is 14.0 Å². The fourth-order valence-electron chi connectivity index (χ4n) is 6.23. The molecular formula is C34H38FN5O3S. The molecule has 2 aliphatic carbocycles. The highest BCUT2D eigenvalue weighted by Crippen LogP contribution is 2.35. The molecule has 1 fully saturated rings. The van der Waals surface area contributed by atoms with E-state index in [1.165, 1.54) is 33.9 Å². The van der Waals surface area contributed by atoms with Crippen molar-refractivity contribution >= 4 is 40.1 Å². The molecule has 0 spiro atoms. The van der Waals surface area contributed by atoms with Gasteiger partial charge in [-0.1, -0.05) is 18.2 Å². The number of Topliss-reactive ketones (excluding diaryl/α,β-unsaturated/α-hetero) is 1. The quantitative estimate of drug-likeness (QED) is 0.292. The highest BCUT2D eigenvalue weighted by Gasteiger charge is 2.27. The van der Waals surface area contributed by atoms with Gasteiger partial charge < -0.3 is 20.1 Å². The molecule has 0 bridgehead atoms. The van der Waals surface area contributed by atoms with Crippen LogP contribution >= 0.6 is 11.3 Å². The van der Waals surface area contributed by atoms with Gasteiger partial charge in [0.25, 0.3) is 5.56 Å². The first-order valence-electron chi connectivity index (χ1n) is 15.4. The SMILES string of the molecule is CN1CCNC(c2ccc(Nc3nc(C4=CC=C(F)C(CCCC(=O)c5cc6c(s5)CCCC6)C4)cn(C)c3=O)cc2)C1=O. The molecule has 1 aliphatic heterocycles. The number of piperazine rings is 1. The minimum atomic E-state index is -0.393. The van der Waals surface area contributed by atoms with Gasteiger partial charge in [-0.2, -0.15) is 0 Å². The molecule has 3 heterocycles. The number of nitrogens with one attached hydrogen (secondary N) is 2. The lowest BCUT2D eigenvalue weighted by atomic mass is 9.87. The first-order chi connectivity index (χ1) is 21.3. The maximum absolute atomic E-state index is 14.9. The topological polar surface area (TPSA) is 96.3 Å². The Bertz CT molecular complexity index is 1670. The van der Waals surface area contributed by atoms with E-state index in [-0.39, 0.29) is 34.8 Å². The summed E-state index contributed by atoms with van der Waals surface area (Å²) in [5.74, 6) is -0.179. The van der Waals surface area contributed by atoms with E-state index >= 15 is 0 Å². The Kier molecular flexibility index (Phi) is 8.91. The number of hydrogen-bond donors (Lipinski definition) is 2. The average molecular weight is 616 g/mol. The van der Waals surface area contributed by atoms with Crippen molar-refractivity contribution in [3.8, 4) is 0 Å². The lowest BCUT2D eigenvalue weighted by molar-refractivity contribution is -0.134. The Morgan fingerprint density at radius 3 is 2.73 bits per heavy atom. The molecule has 0 radical (unpaired) electrons. The van der Waals surface area contributed by atoms with Crippen molar-refractivity contribution in [2.75, 3.05) is 25.5 Å². The van der Waals surface area contributed by atoms with Crippen molar-refractivity contribution in [1.29, 1.82) is 0 Å². The van der Waals surface area contributed by atoms with Gasteiger partial charge in [0.1, 0.15) is 11.9 Å². The molecule has 2 aromatic heterocycles. The summed E-state index contributed by atoms with van der Waals surface area (Å²) in [5, 5.41) is 6.38. The number of allylic oxidation sites excluding steroid dienone is 4. The van der Waals surface area contributed by atoms with E-state index in [2.05, 4.69) is 21.7 Å². The van der Waals surface area contributed by atoms with Crippen molar-refractivity contribution in [2.45, 2.75) is 57.4 Å². The number of fused-ring (bicyclic) bond motifs is 1. The summed E-state index contributed by atoms with van der Waals surface area (Å²) in [4.78, 5) is 46.9. The second kappa shape index (κ2) is 13.0. The molecule has 1 saturated heterocycles. The van der Waals surface area contributed by atoms with Crippen molar-refractivity contribution in [2.24, 2.45) is 13.0 Å². The van der Waals surface area contributed by atoms with E-state index in [4.69, 9.17) is 0 Å². The number of thiophene rings is 1. The third-order valence-electron chi connectivity index (χ3n) is 8.85. The van der Waals surface area contributed by atoms with Crippen LogP contribution in [0.2, 0.25) is 0 Å². The first kappa shape index (κ1) is 30.1. The molecule has 44 heavy (non-hydrogen) atoms. The van der Waals surface area contributed by atoms with Crippen LogP contribution in [0.25, 0.3) is 5.57 Å². The predicted molar refractivity (Wildman–Crippen MR) is 172 cm³/mol. The number of rotatable bonds is 9. The van der Waals surface area contributed by atoms with E-state index in [9.17, 15) is 18.8 Å². The van der Waals surface area contributed by atoms with Crippen molar-refractivity contribution in [3.63, 3.8) is 0 Å². The minimum absolute atomic E-state index is 0.0252. The fourth-order valence-corrected chi connectivity index (χ4v) is 7.45. The number of likely N-dealkylation sites (N-methyl/N-ethyl adjacent to an activating group) is 1. The van der Waals surface area contributed by atoms with Crippen LogP contribution in [-0.2, 0) is 24.7 Å². The zero-order valence-corrected chi connectivity index (χ0v) is 26.0. The van der Waals surface area contributed by atoms with Gasteiger partial charge in [0.05, 0.1) is 10.6 Å². The monoisotopic (exact) mass is 615 g/mol. The number of hydrogen-bond acceptors (Lipinski definition) is 7. The summed E-state index contributed by atoms with van der Waals surface area (Å²) in [6.45, 7) is 1.40. The number of benzene rings is 1. The molecule has 8 nitrogen and oxygen atoms in total. The van der Waals surface area contributed by atoms with Crippen LogP contribution < -0.4 is 16.2 Å². The number of carbonyl (C=O) groups is 2. The molecule has 230 valence electrons. The number of halogens is 1. The molecule has 0 saturated carbocycles. The lowest BCUT2D eigenvalue weighted by Crippen LogP contribution is -2.48. The summed E-state index contributed by atoms with van der Waals surface area (Å²) in [6.07, 6.45) is 11.4. The molecule has 1 aromatic carbocycles. The molecule has 3 aromatic rings. The minimum Gasteiger partial charge on any atom is -0.343 e. The Hall–Kier alpha value is -3.89. The number of aromatic nitrogens is 2. The fraction of sp³-hybridized carbons (Fsp3) is 0.412. The summed E-state index contributed by atoms with van der Waals surface area (Å²) in [7, 11) is 3.47. The van der Waals surface area contributed by atoms with Crippen LogP contribution in [0.5, 0.6) is 0 Å². The summed E-state index contributed by atoms with van der Waals surface area (Å²) in [6, 6.07) is 9.06. The summed E-state index contributed by atoms with van der Waals surface area (Å²) in [5.41, 5.74) is 4.01. The number of ketones is 1. The maximum atomic E-state index is 14.9. The van der Waals surface area contributed by atoms with Gasteiger partial charge in [0.2, 0.25) is 5.91 Å². The van der Waals surface area contributed by atoms with Gasteiger partial charge in [-0.25, -0.2) is 9.37 Å². The van der Waals surface area contributed by atoms with E-state index in [0.29, 0.717) is 43.6 Å². The highest BCUT2D eigenvalue weighted by atomic mass is 32.1. The Labute approximate surface area is 260 Å². The van der Waals surface area contributed by atoms with Gasteiger partial charge >= 0.3 is 0 Å². The van der Waals surface area contributed by atoms with Crippen LogP contribution in [-0.4, -0.2) is 46.3 Å². The average Bonchev–Trinajstić information content (AvgIpc) is 3.47. The molecule has 6 rings (SSSR count). The van der Waals surface area contributed by atoms with Crippen LogP contribution in [0.3, 0.4) is 0 Å². The van der Waals surface area contributed by atoms with Crippen LogP contribution in [0.1, 0.15) is 75.9 Å². The summed E-state index contributed by atoms with van der Waals surface area (Å²) >= 11 is 1.63. The zero-order chi connectivity index (χ0) is 30.8. The van der Waals surface area contributed by atoms with Crippen molar-refractivity contribution in [3.05, 3.63) is 91.4 Å². The van der Waals surface area contributed by atoms with Crippen molar-refractivity contribution in [1.82, 2.24) is 19.8 Å². The van der Waals surface area contributed by atoms with Gasteiger partial charge in [-0.05, 0) is 85.9 Å². The largest absolute Gasteiger partial charge is 0.343 e. The first-order valence-corrected chi connectivity index (χ1v) is 16.2. The number of carbonyl (C=O) groups excluding carboxylic acids is 2. The van der Waals surface area contributed by atoms with E-state index in [0.717, 1.165) is 35.4 Å². The Balaban J connectivity index is 1.10. The molecule has 2 N–H and O–H groups in total. The Morgan fingerprint density at radius 2 is 1.93 bits per heavy atom. The molecule has 2 atom stereocenters. The number of nitrogens with zero attached hydrogens (tertiary/aromatic N) is 3.